The van der Waals surface area contributed by atoms with Gasteiger partial charge >= 0.3 is 0 Å². The highest BCUT2D eigenvalue weighted by atomic mass is 35.5. The van der Waals surface area contributed by atoms with E-state index in [-0.39, 0.29) is 0 Å². The molecule has 4 rings (SSSR count). The third kappa shape index (κ3) is 2.10. The molecule has 0 spiro atoms. The minimum Gasteiger partial charge on any atom is -0.494 e. The molecule has 2 aromatic rings. The molecule has 108 valence electrons. The first-order valence-electron chi connectivity index (χ1n) is 7.11. The van der Waals surface area contributed by atoms with E-state index >= 15 is 0 Å². The number of nitrogens with one attached hydrogen (secondary N) is 1. The van der Waals surface area contributed by atoms with E-state index < -0.39 is 0 Å². The van der Waals surface area contributed by atoms with Crippen LogP contribution >= 0.6 is 11.6 Å². The van der Waals surface area contributed by atoms with Gasteiger partial charge in [0.15, 0.2) is 5.82 Å². The van der Waals surface area contributed by atoms with Crippen molar-refractivity contribution >= 4 is 23.1 Å². The Labute approximate surface area is 128 Å². The predicted molar refractivity (Wildman–Crippen MR) is 85.5 cm³/mol. The van der Waals surface area contributed by atoms with Crippen molar-refractivity contribution in [3.05, 3.63) is 35.4 Å². The van der Waals surface area contributed by atoms with Crippen molar-refractivity contribution in [3.63, 3.8) is 0 Å². The largest absolute Gasteiger partial charge is 0.494 e. The van der Waals surface area contributed by atoms with E-state index in [1.807, 2.05) is 30.3 Å². The smallest absolute Gasteiger partial charge is 0.154 e. The number of fused-ring (bicyclic) bond motifs is 4. The molecule has 1 aromatic carbocycles. The Morgan fingerprint density at radius 3 is 3.10 bits per heavy atom. The maximum atomic E-state index is 6.09. The highest BCUT2D eigenvalue weighted by molar-refractivity contribution is 6.30. The van der Waals surface area contributed by atoms with Crippen molar-refractivity contribution in [2.75, 3.05) is 30.4 Å². The van der Waals surface area contributed by atoms with Crippen LogP contribution in [0.25, 0.3) is 11.3 Å². The molecule has 0 saturated carbocycles. The summed E-state index contributed by atoms with van der Waals surface area (Å²) in [5.74, 6) is 1.78. The molecule has 0 radical (unpaired) electrons. The molecule has 1 saturated heterocycles. The van der Waals surface area contributed by atoms with Crippen molar-refractivity contribution in [1.82, 2.24) is 4.98 Å². The second kappa shape index (κ2) is 4.81. The Morgan fingerprint density at radius 1 is 1.38 bits per heavy atom. The second-order valence-electron chi connectivity index (χ2n) is 5.49. The van der Waals surface area contributed by atoms with Gasteiger partial charge in [-0.25, -0.2) is 4.98 Å². The fraction of sp³-hybridized carbons (Fsp3) is 0.312. The van der Waals surface area contributed by atoms with Crippen LogP contribution in [0, 0.1) is 0 Å². The van der Waals surface area contributed by atoms with Gasteiger partial charge in [0.2, 0.25) is 0 Å². The summed E-state index contributed by atoms with van der Waals surface area (Å²) in [4.78, 5) is 7.13. The lowest BCUT2D eigenvalue weighted by Gasteiger charge is -2.29. The van der Waals surface area contributed by atoms with Crippen molar-refractivity contribution in [1.29, 1.82) is 0 Å². The molecule has 0 amide bonds. The first kappa shape index (κ1) is 12.8. The minimum absolute atomic E-state index is 0.490. The number of pyridine rings is 1. The first-order valence-corrected chi connectivity index (χ1v) is 7.49. The molecular weight excluding hydrogens is 286 g/mol. The average Bonchev–Trinajstić information content (AvgIpc) is 2.88. The number of hydrogen-bond donors (Lipinski definition) is 1. The van der Waals surface area contributed by atoms with Crippen LogP contribution in [-0.4, -0.2) is 31.2 Å². The lowest BCUT2D eigenvalue weighted by molar-refractivity contribution is 0.414. The van der Waals surface area contributed by atoms with E-state index in [1.54, 1.807) is 7.11 Å². The van der Waals surface area contributed by atoms with Crippen LogP contribution < -0.4 is 15.0 Å². The number of ether oxygens (including phenoxy) is 1. The van der Waals surface area contributed by atoms with Crippen LogP contribution in [-0.2, 0) is 0 Å². The van der Waals surface area contributed by atoms with E-state index in [2.05, 4.69) is 10.2 Å². The summed E-state index contributed by atoms with van der Waals surface area (Å²) in [5.41, 5.74) is 2.96. The first-order chi connectivity index (χ1) is 10.2. The standard InChI is InChI=1S/C16H16ClN3O/c1-21-14-8-13(10-3-2-4-11(17)7-10)19-16-15(14)20-6-5-12(9-20)18-16/h2-4,7-8,12H,5-6,9H2,1H3,(H,18,19). The molecule has 1 aromatic heterocycles. The quantitative estimate of drug-likeness (QED) is 0.922. The Balaban J connectivity index is 1.86. The number of rotatable bonds is 2. The molecule has 2 aliphatic rings. The zero-order valence-electron chi connectivity index (χ0n) is 11.8. The molecule has 3 heterocycles. The van der Waals surface area contributed by atoms with Crippen molar-refractivity contribution in [2.45, 2.75) is 12.5 Å². The Hall–Kier alpha value is -1.94. The SMILES string of the molecule is COc1cc(-c2cccc(Cl)c2)nc2c1N1CCC(C1)N2. The normalized spacial score (nSPS) is 19.1. The molecule has 0 aliphatic carbocycles. The third-order valence-corrected chi connectivity index (χ3v) is 4.38. The van der Waals surface area contributed by atoms with E-state index in [1.165, 1.54) is 0 Å². The summed E-state index contributed by atoms with van der Waals surface area (Å²) >= 11 is 6.09. The predicted octanol–water partition coefficient (Wildman–Crippen LogP) is 3.41. The summed E-state index contributed by atoms with van der Waals surface area (Å²) in [6.07, 6.45) is 1.14. The second-order valence-corrected chi connectivity index (χ2v) is 5.93. The molecule has 5 heteroatoms. The number of methoxy groups -OCH3 is 1. The molecule has 1 fully saturated rings. The van der Waals surface area contributed by atoms with Gasteiger partial charge in [-0.2, -0.15) is 0 Å². The van der Waals surface area contributed by atoms with Gasteiger partial charge in [0.1, 0.15) is 11.4 Å². The van der Waals surface area contributed by atoms with Gasteiger partial charge in [-0.15, -0.1) is 0 Å². The van der Waals surface area contributed by atoms with Crippen molar-refractivity contribution < 1.29 is 4.74 Å². The number of hydrogen-bond acceptors (Lipinski definition) is 4. The van der Waals surface area contributed by atoms with E-state index in [4.69, 9.17) is 21.3 Å². The fourth-order valence-corrected chi connectivity index (χ4v) is 3.34. The lowest BCUT2D eigenvalue weighted by atomic mass is 10.1. The van der Waals surface area contributed by atoms with E-state index in [0.29, 0.717) is 11.1 Å². The summed E-state index contributed by atoms with van der Waals surface area (Å²) < 4.78 is 5.60. The topological polar surface area (TPSA) is 37.4 Å². The lowest BCUT2D eigenvalue weighted by Crippen LogP contribution is -2.32. The van der Waals surface area contributed by atoms with E-state index in [9.17, 15) is 0 Å². The maximum Gasteiger partial charge on any atom is 0.154 e. The van der Waals surface area contributed by atoms with Crippen LogP contribution in [0.3, 0.4) is 0 Å². The van der Waals surface area contributed by atoms with Crippen molar-refractivity contribution in [2.24, 2.45) is 0 Å². The minimum atomic E-state index is 0.490. The van der Waals surface area contributed by atoms with Crippen LogP contribution in [0.5, 0.6) is 5.75 Å². The van der Waals surface area contributed by atoms with Gasteiger partial charge in [0, 0.05) is 35.8 Å². The summed E-state index contributed by atoms with van der Waals surface area (Å²) in [6.45, 7) is 2.08. The molecule has 2 bridgehead atoms. The van der Waals surface area contributed by atoms with Gasteiger partial charge in [0.05, 0.1) is 12.8 Å². The van der Waals surface area contributed by atoms with Gasteiger partial charge in [-0.05, 0) is 18.6 Å². The van der Waals surface area contributed by atoms with Crippen LogP contribution in [0.1, 0.15) is 6.42 Å². The van der Waals surface area contributed by atoms with Crippen molar-refractivity contribution in [3.8, 4) is 17.0 Å². The Kier molecular flexibility index (Phi) is 2.93. The monoisotopic (exact) mass is 301 g/mol. The Bertz CT molecular complexity index is 704. The molecule has 4 nitrogen and oxygen atoms in total. The average molecular weight is 302 g/mol. The maximum absolute atomic E-state index is 6.09. The zero-order valence-corrected chi connectivity index (χ0v) is 12.5. The zero-order chi connectivity index (χ0) is 14.4. The molecule has 21 heavy (non-hydrogen) atoms. The number of aromatic nitrogens is 1. The molecule has 1 N–H and O–H groups in total. The third-order valence-electron chi connectivity index (χ3n) is 4.14. The van der Waals surface area contributed by atoms with E-state index in [0.717, 1.165) is 48.0 Å². The highest BCUT2D eigenvalue weighted by Gasteiger charge is 2.33. The fourth-order valence-electron chi connectivity index (χ4n) is 3.15. The highest BCUT2D eigenvalue weighted by Crippen LogP contribution is 2.43. The van der Waals surface area contributed by atoms with Crippen LogP contribution in [0.2, 0.25) is 5.02 Å². The summed E-state index contributed by atoms with van der Waals surface area (Å²) in [6, 6.07) is 10.2. The summed E-state index contributed by atoms with van der Waals surface area (Å²) in [7, 11) is 1.71. The number of anilines is 2. The summed E-state index contributed by atoms with van der Waals surface area (Å²) in [5, 5.41) is 4.23. The number of halogens is 1. The molecule has 1 unspecified atom stereocenters. The van der Waals surface area contributed by atoms with Gasteiger partial charge in [-0.1, -0.05) is 23.7 Å². The van der Waals surface area contributed by atoms with Gasteiger partial charge in [-0.3, -0.25) is 0 Å². The molecule has 1 atom stereocenters. The van der Waals surface area contributed by atoms with Gasteiger partial charge in [0.25, 0.3) is 0 Å². The van der Waals surface area contributed by atoms with Crippen LogP contribution in [0.15, 0.2) is 30.3 Å². The molecule has 2 aliphatic heterocycles. The van der Waals surface area contributed by atoms with Crippen LogP contribution in [0.4, 0.5) is 11.5 Å². The number of nitrogens with zero attached hydrogens (tertiary/aromatic N) is 2. The van der Waals surface area contributed by atoms with Gasteiger partial charge < -0.3 is 15.0 Å². The Morgan fingerprint density at radius 2 is 2.29 bits per heavy atom. The number of benzene rings is 1. The molecular formula is C16H16ClN3O.